The van der Waals surface area contributed by atoms with E-state index in [0.717, 1.165) is 11.3 Å². The quantitative estimate of drug-likeness (QED) is 0.459. The zero-order valence-corrected chi connectivity index (χ0v) is 22.6. The van der Waals surface area contributed by atoms with Crippen molar-refractivity contribution in [2.75, 3.05) is 14.2 Å². The van der Waals surface area contributed by atoms with Gasteiger partial charge in [-0.15, -0.1) is 0 Å². The van der Waals surface area contributed by atoms with E-state index in [9.17, 15) is 14.7 Å². The third-order valence-electron chi connectivity index (χ3n) is 6.71. The molecule has 2 aliphatic rings. The number of hydrogen-bond donors (Lipinski definition) is 1. The molecule has 0 amide bonds. The Morgan fingerprint density at radius 1 is 1.08 bits per heavy atom. The highest BCUT2D eigenvalue weighted by Gasteiger charge is 2.45. The van der Waals surface area contributed by atoms with E-state index in [-0.39, 0.29) is 29.3 Å². The van der Waals surface area contributed by atoms with Crippen LogP contribution in [0.4, 0.5) is 0 Å². The Kier molecular flexibility index (Phi) is 7.54. The Hall–Kier alpha value is -3.13. The van der Waals surface area contributed by atoms with Crippen LogP contribution in [0.2, 0.25) is 0 Å². The minimum atomic E-state index is -0.770. The van der Waals surface area contributed by atoms with E-state index in [1.54, 1.807) is 40.0 Å². The molecule has 36 heavy (non-hydrogen) atoms. The first-order chi connectivity index (χ1) is 17.1. The summed E-state index contributed by atoms with van der Waals surface area (Å²) in [5.41, 5.74) is 3.51. The van der Waals surface area contributed by atoms with Crippen molar-refractivity contribution in [2.45, 2.75) is 51.6 Å². The fourth-order valence-electron chi connectivity index (χ4n) is 5.07. The van der Waals surface area contributed by atoms with Crippen LogP contribution in [0.25, 0.3) is 0 Å². The number of methoxy groups -OCH3 is 2. The van der Waals surface area contributed by atoms with Gasteiger partial charge in [-0.3, -0.25) is 14.6 Å². The number of phenolic OH excluding ortho intramolecular Hbond substituents is 1. The minimum absolute atomic E-state index is 0.0281. The maximum atomic E-state index is 13.7. The summed E-state index contributed by atoms with van der Waals surface area (Å²) in [7, 11) is 3.08. The highest BCUT2D eigenvalue weighted by atomic mass is 79.9. The molecular weight excluding hydrogens is 526 g/mol. The third kappa shape index (κ3) is 4.91. The van der Waals surface area contributed by atoms with Gasteiger partial charge in [-0.25, -0.2) is 0 Å². The summed E-state index contributed by atoms with van der Waals surface area (Å²) in [6, 6.07) is 11.1. The fourth-order valence-corrected chi connectivity index (χ4v) is 5.53. The van der Waals surface area contributed by atoms with Crippen molar-refractivity contribution in [1.82, 2.24) is 0 Å². The lowest BCUT2D eigenvalue weighted by atomic mass is 9.69. The number of nitrogens with zero attached hydrogens (tertiary/aromatic N) is 1. The van der Waals surface area contributed by atoms with Gasteiger partial charge in [0.2, 0.25) is 0 Å². The second-order valence-electron chi connectivity index (χ2n) is 9.41. The molecule has 1 aliphatic heterocycles. The summed E-state index contributed by atoms with van der Waals surface area (Å²) in [6.45, 7) is 5.38. The molecule has 1 heterocycles. The zero-order valence-electron chi connectivity index (χ0n) is 21.0. The number of rotatable bonds is 6. The van der Waals surface area contributed by atoms with Crippen molar-refractivity contribution in [3.63, 3.8) is 0 Å². The Bertz CT molecular complexity index is 1250. The van der Waals surface area contributed by atoms with E-state index in [1.165, 1.54) is 7.11 Å². The molecule has 1 N–H and O–H groups in total. The van der Waals surface area contributed by atoms with Crippen LogP contribution in [0, 0.1) is 5.92 Å². The average molecular weight is 556 g/mol. The highest BCUT2D eigenvalue weighted by molar-refractivity contribution is 9.10. The van der Waals surface area contributed by atoms with Gasteiger partial charge in [0.15, 0.2) is 17.3 Å². The van der Waals surface area contributed by atoms with Gasteiger partial charge in [0.1, 0.15) is 11.7 Å². The number of allylic oxidation sites excluding steroid dienone is 2. The van der Waals surface area contributed by atoms with Gasteiger partial charge in [-0.1, -0.05) is 12.1 Å². The van der Waals surface area contributed by atoms with Crippen LogP contribution >= 0.6 is 15.9 Å². The summed E-state index contributed by atoms with van der Waals surface area (Å²) >= 11 is 3.38. The fraction of sp³-hybridized carbons (Fsp3) is 0.393. The van der Waals surface area contributed by atoms with Crippen molar-refractivity contribution in [3.05, 3.63) is 63.3 Å². The van der Waals surface area contributed by atoms with Crippen LogP contribution in [0.3, 0.4) is 0 Å². The lowest BCUT2D eigenvalue weighted by Crippen LogP contribution is -2.38. The number of ketones is 1. The van der Waals surface area contributed by atoms with E-state index in [0.29, 0.717) is 39.9 Å². The van der Waals surface area contributed by atoms with Crippen molar-refractivity contribution in [2.24, 2.45) is 10.9 Å². The molecule has 0 spiro atoms. The largest absolute Gasteiger partial charge is 0.503 e. The molecule has 3 atom stereocenters. The molecule has 0 radical (unpaired) electrons. The Morgan fingerprint density at radius 2 is 1.78 bits per heavy atom. The van der Waals surface area contributed by atoms with Gasteiger partial charge >= 0.3 is 5.97 Å². The van der Waals surface area contributed by atoms with E-state index < -0.39 is 17.8 Å². The van der Waals surface area contributed by atoms with Gasteiger partial charge in [0, 0.05) is 29.3 Å². The summed E-state index contributed by atoms with van der Waals surface area (Å²) in [5.74, 6) is -0.942. The second-order valence-corrected chi connectivity index (χ2v) is 10.3. The van der Waals surface area contributed by atoms with Crippen LogP contribution in [-0.4, -0.2) is 42.9 Å². The molecule has 1 aliphatic carbocycles. The predicted molar refractivity (Wildman–Crippen MR) is 140 cm³/mol. The van der Waals surface area contributed by atoms with Crippen molar-refractivity contribution < 1.29 is 28.9 Å². The summed E-state index contributed by atoms with van der Waals surface area (Å²) < 4.78 is 16.6. The third-order valence-corrected chi connectivity index (χ3v) is 7.32. The molecule has 2 aromatic carbocycles. The molecule has 4 rings (SSSR count). The van der Waals surface area contributed by atoms with E-state index in [4.69, 9.17) is 19.2 Å². The van der Waals surface area contributed by atoms with Crippen LogP contribution in [0.15, 0.2) is 57.1 Å². The SMILES string of the molecule is COc1ccc([C@H]2CC(=O)C3=C(C2)N=C(C)C(C(=O)OC(C)C)[C@@H]3c2cc(Br)c(O)c(OC)c2)cc1. The number of benzene rings is 2. The molecular formula is C28H30BrNO6. The number of Topliss-reactive ketones (excluding diaryl/α,β-unsaturated/α-hetero) is 1. The topological polar surface area (TPSA) is 94.4 Å². The van der Waals surface area contributed by atoms with Gasteiger partial charge in [0.05, 0.1) is 24.8 Å². The molecule has 7 nitrogen and oxygen atoms in total. The van der Waals surface area contributed by atoms with Crippen molar-refractivity contribution in [1.29, 1.82) is 0 Å². The number of carbonyl (C=O) groups is 2. The first kappa shape index (κ1) is 25.9. The number of hydrogen-bond acceptors (Lipinski definition) is 7. The lowest BCUT2D eigenvalue weighted by molar-refractivity contribution is -0.150. The maximum Gasteiger partial charge on any atom is 0.315 e. The first-order valence-electron chi connectivity index (χ1n) is 11.9. The van der Waals surface area contributed by atoms with Crippen molar-refractivity contribution in [3.8, 4) is 17.2 Å². The highest BCUT2D eigenvalue weighted by Crippen LogP contribution is 2.49. The van der Waals surface area contributed by atoms with Gasteiger partial charge < -0.3 is 19.3 Å². The standard InChI is InChI=1S/C28H30BrNO6/c1-14(2)36-28(33)24-15(3)30-21-11-17(16-6-8-19(34-4)9-7-16)12-22(31)26(21)25(24)18-10-20(29)27(32)23(13-18)35-5/h6-10,13-14,17,24-25,32H,11-12H2,1-5H3/t17-,24?,25+/m1/s1. The Balaban J connectivity index is 1.83. The molecule has 2 aromatic rings. The normalized spacial score (nSPS) is 21.7. The van der Waals surface area contributed by atoms with Crippen LogP contribution in [-0.2, 0) is 14.3 Å². The molecule has 8 heteroatoms. The number of esters is 1. The first-order valence-corrected chi connectivity index (χ1v) is 12.7. The van der Waals surface area contributed by atoms with Crippen molar-refractivity contribution >= 4 is 33.4 Å². The van der Waals surface area contributed by atoms with Crippen LogP contribution < -0.4 is 9.47 Å². The Labute approximate surface area is 219 Å². The lowest BCUT2D eigenvalue weighted by Gasteiger charge is -2.37. The summed E-state index contributed by atoms with van der Waals surface area (Å²) in [5, 5.41) is 10.4. The minimum Gasteiger partial charge on any atom is -0.503 e. The molecule has 0 fully saturated rings. The van der Waals surface area contributed by atoms with Gasteiger partial charge in [0.25, 0.3) is 0 Å². The zero-order chi connectivity index (χ0) is 26.1. The van der Waals surface area contributed by atoms with Gasteiger partial charge in [-0.2, -0.15) is 0 Å². The average Bonchev–Trinajstić information content (AvgIpc) is 2.84. The van der Waals surface area contributed by atoms with Crippen LogP contribution in [0.1, 0.15) is 56.6 Å². The number of carbonyl (C=O) groups excluding carboxylic acids is 2. The summed E-state index contributed by atoms with van der Waals surface area (Å²) in [6.07, 6.45) is 0.561. The smallest absolute Gasteiger partial charge is 0.315 e. The molecule has 0 saturated heterocycles. The predicted octanol–water partition coefficient (Wildman–Crippen LogP) is 5.70. The summed E-state index contributed by atoms with van der Waals surface area (Å²) in [4.78, 5) is 31.8. The molecule has 1 unspecified atom stereocenters. The van der Waals surface area contributed by atoms with Gasteiger partial charge in [-0.05, 0) is 84.4 Å². The van der Waals surface area contributed by atoms with E-state index in [2.05, 4.69) is 15.9 Å². The number of ether oxygens (including phenoxy) is 3. The van der Waals surface area contributed by atoms with Crippen LogP contribution in [0.5, 0.6) is 17.2 Å². The number of halogens is 1. The second kappa shape index (κ2) is 10.5. The molecule has 0 aromatic heterocycles. The molecule has 0 bridgehead atoms. The number of phenols is 1. The maximum absolute atomic E-state index is 13.7. The number of aliphatic imine (C=N–C) groups is 1. The monoisotopic (exact) mass is 555 g/mol. The van der Waals surface area contributed by atoms with E-state index >= 15 is 0 Å². The molecule has 190 valence electrons. The van der Waals surface area contributed by atoms with E-state index in [1.807, 2.05) is 24.3 Å². The molecule has 0 saturated carbocycles. The number of aromatic hydroxyl groups is 1. The Morgan fingerprint density at radius 3 is 2.39 bits per heavy atom.